The van der Waals surface area contributed by atoms with Gasteiger partial charge in [-0.15, -0.1) is 5.73 Å². The molecule has 0 aromatic rings. The van der Waals surface area contributed by atoms with Crippen molar-refractivity contribution in [2.75, 3.05) is 14.2 Å². The molecule has 18 heavy (non-hydrogen) atoms. The molecule has 1 atom stereocenters. The van der Waals surface area contributed by atoms with Crippen LogP contribution in [0, 0.1) is 11.3 Å². The molecule has 0 saturated heterocycles. The molecule has 4 heteroatoms. The quantitative estimate of drug-likeness (QED) is 0.315. The van der Waals surface area contributed by atoms with E-state index in [1.165, 1.54) is 14.2 Å². The van der Waals surface area contributed by atoms with Gasteiger partial charge in [-0.2, -0.15) is 0 Å². The molecule has 0 radical (unpaired) electrons. The van der Waals surface area contributed by atoms with Crippen LogP contribution in [-0.2, 0) is 19.1 Å². The highest BCUT2D eigenvalue weighted by Gasteiger charge is 2.72. The van der Waals surface area contributed by atoms with E-state index in [2.05, 4.69) is 19.2 Å². The van der Waals surface area contributed by atoms with Gasteiger partial charge in [-0.05, 0) is 6.42 Å². The second-order valence-electron chi connectivity index (χ2n) is 4.43. The second kappa shape index (κ2) is 5.87. The van der Waals surface area contributed by atoms with Crippen molar-refractivity contribution in [1.82, 2.24) is 0 Å². The Morgan fingerprint density at radius 1 is 1.28 bits per heavy atom. The molecule has 0 aliphatic heterocycles. The largest absolute Gasteiger partial charge is 0.468 e. The van der Waals surface area contributed by atoms with Crippen LogP contribution < -0.4 is 0 Å². The van der Waals surface area contributed by atoms with Gasteiger partial charge in [-0.1, -0.05) is 32.8 Å². The van der Waals surface area contributed by atoms with Crippen molar-refractivity contribution >= 4 is 11.9 Å². The standard InChI is InChI=1S/C14H20O4/c1-5-7-8-9-11-10(6-2)14(11,12(15)17-3)13(16)18-4/h11H,2,5,7-9H2,1,3-4H3. The second-order valence-corrected chi connectivity index (χ2v) is 4.43. The number of rotatable bonds is 6. The van der Waals surface area contributed by atoms with Crippen molar-refractivity contribution in [2.45, 2.75) is 32.6 Å². The predicted molar refractivity (Wildman–Crippen MR) is 66.8 cm³/mol. The normalized spacial score (nSPS) is 19.9. The zero-order valence-electron chi connectivity index (χ0n) is 11.2. The number of esters is 2. The maximum absolute atomic E-state index is 11.9. The van der Waals surface area contributed by atoms with Crippen LogP contribution in [0.25, 0.3) is 0 Å². The molecule has 1 aliphatic carbocycles. The molecule has 0 spiro atoms. The molecule has 1 saturated carbocycles. The first kappa shape index (κ1) is 14.5. The van der Waals surface area contributed by atoms with E-state index in [-0.39, 0.29) is 5.92 Å². The number of hydrogen-bond donors (Lipinski definition) is 0. The summed E-state index contributed by atoms with van der Waals surface area (Å²) in [6, 6.07) is 0. The minimum atomic E-state index is -1.28. The van der Waals surface area contributed by atoms with Crippen LogP contribution in [0.4, 0.5) is 0 Å². The lowest BCUT2D eigenvalue weighted by Crippen LogP contribution is -2.30. The van der Waals surface area contributed by atoms with Crippen molar-refractivity contribution in [3.8, 4) is 0 Å². The van der Waals surface area contributed by atoms with Gasteiger partial charge in [0.25, 0.3) is 0 Å². The SMILES string of the molecule is C=C=C1C(CCCCC)C1(C(=O)OC)C(=O)OC. The Morgan fingerprint density at radius 2 is 1.83 bits per heavy atom. The van der Waals surface area contributed by atoms with E-state index in [1.54, 1.807) is 0 Å². The molecule has 0 aromatic heterocycles. The smallest absolute Gasteiger partial charge is 0.328 e. The summed E-state index contributed by atoms with van der Waals surface area (Å²) in [4.78, 5) is 23.8. The lowest BCUT2D eigenvalue weighted by atomic mass is 10.0. The van der Waals surface area contributed by atoms with E-state index in [9.17, 15) is 9.59 Å². The average Bonchev–Trinajstić information content (AvgIpc) is 3.06. The minimum absolute atomic E-state index is 0.165. The van der Waals surface area contributed by atoms with Gasteiger partial charge in [0, 0.05) is 11.5 Å². The number of methoxy groups -OCH3 is 2. The molecule has 4 nitrogen and oxygen atoms in total. The summed E-state index contributed by atoms with van der Waals surface area (Å²) in [6.07, 6.45) is 3.88. The van der Waals surface area contributed by atoms with E-state index >= 15 is 0 Å². The summed E-state index contributed by atoms with van der Waals surface area (Å²) in [5.74, 6) is -1.30. The molecule has 1 rings (SSSR count). The fraction of sp³-hybridized carbons (Fsp3) is 0.643. The number of carbonyl (C=O) groups is 2. The molecule has 0 amide bonds. The van der Waals surface area contributed by atoms with E-state index in [4.69, 9.17) is 9.47 Å². The maximum Gasteiger partial charge on any atom is 0.328 e. The first-order chi connectivity index (χ1) is 8.60. The van der Waals surface area contributed by atoms with Gasteiger partial charge in [0.2, 0.25) is 5.41 Å². The van der Waals surface area contributed by atoms with Crippen molar-refractivity contribution in [3.63, 3.8) is 0 Å². The van der Waals surface area contributed by atoms with E-state index in [0.717, 1.165) is 25.7 Å². The lowest BCUT2D eigenvalue weighted by molar-refractivity contribution is -0.161. The molecule has 1 unspecified atom stereocenters. The Morgan fingerprint density at radius 3 is 2.22 bits per heavy atom. The molecule has 0 heterocycles. The third-order valence-corrected chi connectivity index (χ3v) is 3.51. The van der Waals surface area contributed by atoms with Crippen LogP contribution in [0.1, 0.15) is 32.6 Å². The van der Waals surface area contributed by atoms with Gasteiger partial charge in [0.05, 0.1) is 14.2 Å². The molecule has 0 aromatic carbocycles. The summed E-state index contributed by atoms with van der Waals surface area (Å²) in [5, 5.41) is 0. The molecular weight excluding hydrogens is 232 g/mol. The Kier molecular flexibility index (Phi) is 4.74. The zero-order valence-corrected chi connectivity index (χ0v) is 11.2. The van der Waals surface area contributed by atoms with Crippen molar-refractivity contribution < 1.29 is 19.1 Å². The summed E-state index contributed by atoms with van der Waals surface area (Å²) >= 11 is 0. The summed E-state index contributed by atoms with van der Waals surface area (Å²) in [7, 11) is 2.55. The molecule has 0 bridgehead atoms. The van der Waals surface area contributed by atoms with Gasteiger partial charge in [-0.25, -0.2) is 0 Å². The van der Waals surface area contributed by atoms with Crippen LogP contribution in [0.5, 0.6) is 0 Å². The molecule has 0 N–H and O–H groups in total. The van der Waals surface area contributed by atoms with Crippen molar-refractivity contribution in [3.05, 3.63) is 17.9 Å². The summed E-state index contributed by atoms with van der Waals surface area (Å²) < 4.78 is 9.48. The van der Waals surface area contributed by atoms with Gasteiger partial charge in [-0.3, -0.25) is 9.59 Å². The van der Waals surface area contributed by atoms with Crippen LogP contribution in [0.3, 0.4) is 0 Å². The van der Waals surface area contributed by atoms with E-state index < -0.39 is 17.4 Å². The fourth-order valence-corrected chi connectivity index (χ4v) is 2.52. The minimum Gasteiger partial charge on any atom is -0.468 e. The molecule has 1 fully saturated rings. The lowest BCUT2D eigenvalue weighted by Gasteiger charge is -2.11. The topological polar surface area (TPSA) is 52.6 Å². The van der Waals surface area contributed by atoms with Gasteiger partial charge >= 0.3 is 11.9 Å². The zero-order chi connectivity index (χ0) is 13.8. The van der Waals surface area contributed by atoms with Gasteiger partial charge < -0.3 is 9.47 Å². The highest BCUT2D eigenvalue weighted by atomic mass is 16.5. The number of ether oxygens (including phenoxy) is 2. The molecule has 100 valence electrons. The van der Waals surface area contributed by atoms with E-state index in [0.29, 0.717) is 5.57 Å². The monoisotopic (exact) mass is 252 g/mol. The van der Waals surface area contributed by atoms with Crippen molar-refractivity contribution in [1.29, 1.82) is 0 Å². The highest BCUT2D eigenvalue weighted by molar-refractivity contribution is 6.09. The number of carbonyl (C=O) groups excluding carboxylic acids is 2. The Bertz CT molecular complexity index is 375. The Hall–Kier alpha value is -1.54. The summed E-state index contributed by atoms with van der Waals surface area (Å²) in [6.45, 7) is 5.65. The summed E-state index contributed by atoms with van der Waals surface area (Å²) in [5.41, 5.74) is 2.03. The maximum atomic E-state index is 11.9. The van der Waals surface area contributed by atoms with Crippen molar-refractivity contribution in [2.24, 2.45) is 11.3 Å². The third kappa shape index (κ3) is 2.08. The van der Waals surface area contributed by atoms with Crippen LogP contribution in [-0.4, -0.2) is 26.2 Å². The highest BCUT2D eigenvalue weighted by Crippen LogP contribution is 2.61. The molecule has 1 aliphatic rings. The van der Waals surface area contributed by atoms with Crippen LogP contribution in [0.15, 0.2) is 17.9 Å². The number of unbranched alkanes of at least 4 members (excludes halogenated alkanes) is 2. The van der Waals surface area contributed by atoms with Gasteiger partial charge in [0.1, 0.15) is 0 Å². The number of hydrogen-bond acceptors (Lipinski definition) is 4. The molecular formula is C14H20O4. The first-order valence-corrected chi connectivity index (χ1v) is 6.18. The van der Waals surface area contributed by atoms with Gasteiger partial charge in [0.15, 0.2) is 0 Å². The van der Waals surface area contributed by atoms with Crippen LogP contribution >= 0.6 is 0 Å². The Labute approximate surface area is 108 Å². The fourth-order valence-electron chi connectivity index (χ4n) is 2.52. The third-order valence-electron chi connectivity index (χ3n) is 3.51. The predicted octanol–water partition coefficient (Wildman–Crippen LogP) is 2.24. The van der Waals surface area contributed by atoms with E-state index in [1.807, 2.05) is 0 Å². The first-order valence-electron chi connectivity index (χ1n) is 6.18. The average molecular weight is 252 g/mol. The van der Waals surface area contributed by atoms with Crippen LogP contribution in [0.2, 0.25) is 0 Å². The Balaban J connectivity index is 2.94.